The van der Waals surface area contributed by atoms with Crippen molar-refractivity contribution in [1.29, 1.82) is 0 Å². The number of imidazole rings is 1. The normalized spacial score (nSPS) is 15.7. The second-order valence-corrected chi connectivity index (χ2v) is 7.44. The molecule has 7 heteroatoms. The summed E-state index contributed by atoms with van der Waals surface area (Å²) in [6, 6.07) is 9.90. The number of nitrogens with zero attached hydrogens (tertiary/aromatic N) is 4. The van der Waals surface area contributed by atoms with Gasteiger partial charge < -0.3 is 15.0 Å². The fourth-order valence-electron chi connectivity index (χ4n) is 3.40. The Hall–Kier alpha value is -1.79. The Morgan fingerprint density at radius 2 is 1.81 bits per heavy atom. The van der Waals surface area contributed by atoms with Crippen LogP contribution in [0.2, 0.25) is 10.0 Å². The van der Waals surface area contributed by atoms with Crippen LogP contribution in [0.15, 0.2) is 42.7 Å². The van der Waals surface area contributed by atoms with E-state index in [0.717, 1.165) is 60.3 Å². The Labute approximate surface area is 162 Å². The van der Waals surface area contributed by atoms with Gasteiger partial charge in [-0.1, -0.05) is 29.3 Å². The van der Waals surface area contributed by atoms with Gasteiger partial charge in [0.05, 0.1) is 21.4 Å². The zero-order valence-electron chi connectivity index (χ0n) is 14.4. The molecule has 3 heterocycles. The first-order valence-corrected chi connectivity index (χ1v) is 9.47. The molecule has 4 rings (SSSR count). The topological polar surface area (TPSA) is 49.8 Å². The van der Waals surface area contributed by atoms with Crippen LogP contribution in [0, 0.1) is 0 Å². The number of nitrogens with two attached hydrogens (primary N) is 1. The maximum atomic E-state index is 6.43. The largest absolute Gasteiger partial charge is 0.368 e. The molecule has 0 saturated carbocycles. The van der Waals surface area contributed by atoms with Gasteiger partial charge >= 0.3 is 0 Å². The third-order valence-corrected chi connectivity index (χ3v) is 5.34. The summed E-state index contributed by atoms with van der Waals surface area (Å²) in [6.45, 7) is 5.19. The van der Waals surface area contributed by atoms with Crippen molar-refractivity contribution in [3.8, 4) is 0 Å². The highest BCUT2D eigenvalue weighted by Gasteiger charge is 2.20. The lowest BCUT2D eigenvalue weighted by Crippen LogP contribution is -2.46. The summed E-state index contributed by atoms with van der Waals surface area (Å²) in [5.41, 5.74) is 9.82. The SMILES string of the molecule is NCc1ccc(N2CCN(Cc3cn4cc(Cl)ccc4n3)CC2)c(Cl)c1. The molecule has 26 heavy (non-hydrogen) atoms. The molecule has 136 valence electrons. The van der Waals surface area contributed by atoms with E-state index in [2.05, 4.69) is 33.1 Å². The highest BCUT2D eigenvalue weighted by atomic mass is 35.5. The fraction of sp³-hybridized carbons (Fsp3) is 0.316. The minimum Gasteiger partial charge on any atom is -0.368 e. The van der Waals surface area contributed by atoms with Gasteiger partial charge in [-0.25, -0.2) is 4.98 Å². The van der Waals surface area contributed by atoms with Crippen molar-refractivity contribution in [3.05, 3.63) is 64.0 Å². The van der Waals surface area contributed by atoms with Crippen LogP contribution >= 0.6 is 23.2 Å². The Morgan fingerprint density at radius 3 is 2.54 bits per heavy atom. The first-order chi connectivity index (χ1) is 12.6. The number of hydrogen-bond acceptors (Lipinski definition) is 4. The van der Waals surface area contributed by atoms with Crippen molar-refractivity contribution in [2.75, 3.05) is 31.1 Å². The summed E-state index contributed by atoms with van der Waals surface area (Å²) < 4.78 is 1.98. The number of rotatable bonds is 4. The highest BCUT2D eigenvalue weighted by Crippen LogP contribution is 2.28. The van der Waals surface area contributed by atoms with E-state index in [1.54, 1.807) is 0 Å². The summed E-state index contributed by atoms with van der Waals surface area (Å²) in [5, 5.41) is 1.49. The molecule has 0 aliphatic carbocycles. The number of aromatic nitrogens is 2. The predicted octanol–water partition coefficient (Wildman–Crippen LogP) is 3.42. The van der Waals surface area contributed by atoms with Crippen LogP contribution in [-0.2, 0) is 13.1 Å². The highest BCUT2D eigenvalue weighted by molar-refractivity contribution is 6.33. The molecule has 3 aromatic rings. The van der Waals surface area contributed by atoms with E-state index < -0.39 is 0 Å². The van der Waals surface area contributed by atoms with E-state index in [0.29, 0.717) is 11.6 Å². The molecule has 1 aliphatic heterocycles. The van der Waals surface area contributed by atoms with Crippen LogP contribution in [0.5, 0.6) is 0 Å². The van der Waals surface area contributed by atoms with E-state index >= 15 is 0 Å². The number of piperazine rings is 1. The standard InChI is InChI=1S/C19H21Cl2N5/c20-15-2-4-19-23-16(13-26(19)11-15)12-24-5-7-25(8-6-24)18-3-1-14(10-22)9-17(18)21/h1-4,9,11,13H,5-8,10,12,22H2. The molecule has 1 saturated heterocycles. The van der Waals surface area contributed by atoms with Gasteiger partial charge in [-0.3, -0.25) is 4.90 Å². The molecule has 5 nitrogen and oxygen atoms in total. The maximum absolute atomic E-state index is 6.43. The van der Waals surface area contributed by atoms with E-state index in [1.807, 2.05) is 28.8 Å². The zero-order valence-corrected chi connectivity index (χ0v) is 15.9. The van der Waals surface area contributed by atoms with Crippen LogP contribution in [-0.4, -0.2) is 40.5 Å². The quantitative estimate of drug-likeness (QED) is 0.742. The fourth-order valence-corrected chi connectivity index (χ4v) is 3.89. The molecule has 2 N–H and O–H groups in total. The molecule has 1 aliphatic rings. The van der Waals surface area contributed by atoms with Crippen LogP contribution in [0.4, 0.5) is 5.69 Å². The summed E-state index contributed by atoms with van der Waals surface area (Å²) in [4.78, 5) is 9.43. The van der Waals surface area contributed by atoms with Crippen molar-refractivity contribution >= 4 is 34.5 Å². The zero-order chi connectivity index (χ0) is 18.1. The van der Waals surface area contributed by atoms with Gasteiger partial charge in [-0.2, -0.15) is 0 Å². The molecule has 1 aromatic carbocycles. The van der Waals surface area contributed by atoms with E-state index in [-0.39, 0.29) is 0 Å². The molecule has 0 bridgehead atoms. The molecular weight excluding hydrogens is 369 g/mol. The van der Waals surface area contributed by atoms with Gasteiger partial charge in [0.15, 0.2) is 0 Å². The second kappa shape index (κ2) is 7.45. The van der Waals surface area contributed by atoms with Gasteiger partial charge in [-0.05, 0) is 29.8 Å². The van der Waals surface area contributed by atoms with Crippen LogP contribution in [0.3, 0.4) is 0 Å². The minimum atomic E-state index is 0.512. The van der Waals surface area contributed by atoms with Gasteiger partial charge in [0.1, 0.15) is 5.65 Å². The van der Waals surface area contributed by atoms with Crippen molar-refractivity contribution in [1.82, 2.24) is 14.3 Å². The molecule has 2 aromatic heterocycles. The van der Waals surface area contributed by atoms with Crippen molar-refractivity contribution in [2.45, 2.75) is 13.1 Å². The lowest BCUT2D eigenvalue weighted by Gasteiger charge is -2.36. The Bertz CT molecular complexity index is 915. The van der Waals surface area contributed by atoms with Crippen LogP contribution in [0.25, 0.3) is 5.65 Å². The summed E-state index contributed by atoms with van der Waals surface area (Å²) in [6.07, 6.45) is 3.94. The smallest absolute Gasteiger partial charge is 0.137 e. The number of fused-ring (bicyclic) bond motifs is 1. The van der Waals surface area contributed by atoms with Gasteiger partial charge in [0.2, 0.25) is 0 Å². The second-order valence-electron chi connectivity index (χ2n) is 6.60. The monoisotopic (exact) mass is 389 g/mol. The first kappa shape index (κ1) is 17.6. The number of benzene rings is 1. The predicted molar refractivity (Wildman–Crippen MR) is 107 cm³/mol. The number of anilines is 1. The number of pyridine rings is 1. The van der Waals surface area contributed by atoms with Gasteiger partial charge in [-0.15, -0.1) is 0 Å². The van der Waals surface area contributed by atoms with Gasteiger partial charge in [0, 0.05) is 51.7 Å². The Balaban J connectivity index is 1.40. The van der Waals surface area contributed by atoms with E-state index in [1.165, 1.54) is 0 Å². The minimum absolute atomic E-state index is 0.512. The molecular formula is C19H21Cl2N5. The van der Waals surface area contributed by atoms with Crippen LogP contribution < -0.4 is 10.6 Å². The molecule has 0 amide bonds. The third kappa shape index (κ3) is 3.67. The summed E-state index contributed by atoms with van der Waals surface area (Å²) >= 11 is 12.5. The van der Waals surface area contributed by atoms with Crippen molar-refractivity contribution in [2.24, 2.45) is 5.73 Å². The lowest BCUT2D eigenvalue weighted by molar-refractivity contribution is 0.247. The average Bonchev–Trinajstić information content (AvgIpc) is 3.03. The lowest BCUT2D eigenvalue weighted by atomic mass is 10.1. The molecule has 0 unspecified atom stereocenters. The Morgan fingerprint density at radius 1 is 1.00 bits per heavy atom. The molecule has 0 atom stereocenters. The molecule has 0 spiro atoms. The third-order valence-electron chi connectivity index (χ3n) is 4.81. The van der Waals surface area contributed by atoms with E-state index in [4.69, 9.17) is 28.9 Å². The summed E-state index contributed by atoms with van der Waals surface area (Å²) in [7, 11) is 0. The van der Waals surface area contributed by atoms with Gasteiger partial charge in [0.25, 0.3) is 0 Å². The van der Waals surface area contributed by atoms with Crippen molar-refractivity contribution < 1.29 is 0 Å². The number of hydrogen-bond donors (Lipinski definition) is 1. The first-order valence-electron chi connectivity index (χ1n) is 8.71. The number of halogens is 2. The summed E-state index contributed by atoms with van der Waals surface area (Å²) in [5.74, 6) is 0. The van der Waals surface area contributed by atoms with Crippen LogP contribution in [0.1, 0.15) is 11.3 Å². The van der Waals surface area contributed by atoms with Crippen molar-refractivity contribution in [3.63, 3.8) is 0 Å². The molecule has 0 radical (unpaired) electrons. The molecule has 1 fully saturated rings. The Kier molecular flexibility index (Phi) is 5.05. The maximum Gasteiger partial charge on any atom is 0.137 e. The average molecular weight is 390 g/mol. The van der Waals surface area contributed by atoms with E-state index in [9.17, 15) is 0 Å².